The third-order valence-corrected chi connectivity index (χ3v) is 5.33. The van der Waals surface area contributed by atoms with Gasteiger partial charge in [-0.15, -0.1) is 0 Å². The molecule has 0 aromatic heterocycles. The van der Waals surface area contributed by atoms with E-state index in [0.717, 1.165) is 38.1 Å². The van der Waals surface area contributed by atoms with E-state index >= 15 is 0 Å². The van der Waals surface area contributed by atoms with E-state index in [0.29, 0.717) is 30.3 Å². The molecule has 7 heteroatoms. The fourth-order valence-corrected chi connectivity index (χ4v) is 3.48. The van der Waals surface area contributed by atoms with Gasteiger partial charge in [0, 0.05) is 50.0 Å². The molecule has 138 valence electrons. The van der Waals surface area contributed by atoms with Crippen molar-refractivity contribution in [2.75, 3.05) is 44.6 Å². The molecule has 6 nitrogen and oxygen atoms in total. The molecule has 3 rings (SSSR count). The first kappa shape index (κ1) is 18.5. The molecule has 0 unspecified atom stereocenters. The summed E-state index contributed by atoms with van der Waals surface area (Å²) in [6.07, 6.45) is 1.48. The molecule has 2 heterocycles. The first-order valence-corrected chi connectivity index (χ1v) is 9.25. The van der Waals surface area contributed by atoms with Crippen LogP contribution >= 0.6 is 11.6 Å². The van der Waals surface area contributed by atoms with E-state index in [4.69, 9.17) is 16.3 Å². The monoisotopic (exact) mass is 367 g/mol. The molecule has 2 N–H and O–H groups in total. The summed E-state index contributed by atoms with van der Waals surface area (Å²) in [6, 6.07) is 5.40. The topological polar surface area (TPSA) is 65.0 Å². The van der Waals surface area contributed by atoms with Crippen molar-refractivity contribution in [2.45, 2.75) is 32.0 Å². The van der Waals surface area contributed by atoms with Crippen molar-refractivity contribution >= 4 is 23.3 Å². The van der Waals surface area contributed by atoms with Crippen molar-refractivity contribution < 1.29 is 14.6 Å². The summed E-state index contributed by atoms with van der Waals surface area (Å²) in [5, 5.41) is 13.8. The maximum absolute atomic E-state index is 12.4. The predicted octanol–water partition coefficient (Wildman–Crippen LogP) is 2.34. The van der Waals surface area contributed by atoms with Crippen LogP contribution in [0.2, 0.25) is 5.02 Å². The van der Waals surface area contributed by atoms with Crippen LogP contribution in [-0.2, 0) is 4.74 Å². The zero-order valence-electron chi connectivity index (χ0n) is 14.6. The van der Waals surface area contributed by atoms with Crippen LogP contribution in [0.25, 0.3) is 0 Å². The minimum atomic E-state index is -0.447. The Labute approximate surface area is 153 Å². The number of benzene rings is 1. The molecular weight excluding hydrogens is 342 g/mol. The summed E-state index contributed by atoms with van der Waals surface area (Å²) < 4.78 is 5.54. The zero-order valence-corrected chi connectivity index (χ0v) is 15.3. The number of hydrogen-bond acceptors (Lipinski definition) is 4. The highest BCUT2D eigenvalue weighted by molar-refractivity contribution is 6.31. The van der Waals surface area contributed by atoms with Crippen LogP contribution in [0.5, 0.6) is 0 Å². The Morgan fingerprint density at radius 1 is 1.40 bits per heavy atom. The Balaban J connectivity index is 1.44. The highest BCUT2D eigenvalue weighted by atomic mass is 35.5. The molecule has 2 saturated heterocycles. The molecule has 2 atom stereocenters. The molecule has 0 spiro atoms. The van der Waals surface area contributed by atoms with Gasteiger partial charge in [-0.05, 0) is 37.5 Å². The van der Waals surface area contributed by atoms with Crippen LogP contribution in [0.4, 0.5) is 10.5 Å². The molecule has 25 heavy (non-hydrogen) atoms. The lowest BCUT2D eigenvalue weighted by Gasteiger charge is -2.36. The highest BCUT2D eigenvalue weighted by Gasteiger charge is 2.28. The number of ether oxygens (including phenoxy) is 1. The van der Waals surface area contributed by atoms with Crippen molar-refractivity contribution in [1.82, 2.24) is 9.80 Å². The third kappa shape index (κ3) is 4.85. The Morgan fingerprint density at radius 2 is 2.16 bits per heavy atom. The van der Waals surface area contributed by atoms with Gasteiger partial charge < -0.3 is 20.1 Å². The number of piperazine rings is 1. The van der Waals surface area contributed by atoms with Crippen molar-refractivity contribution in [3.63, 3.8) is 0 Å². The number of anilines is 1. The predicted molar refractivity (Wildman–Crippen MR) is 98.2 cm³/mol. The number of nitrogens with zero attached hydrogens (tertiary/aromatic N) is 2. The molecule has 2 fully saturated rings. The van der Waals surface area contributed by atoms with Crippen molar-refractivity contribution in [3.8, 4) is 0 Å². The molecule has 2 aliphatic rings. The summed E-state index contributed by atoms with van der Waals surface area (Å²) in [6.45, 7) is 6.08. The highest BCUT2D eigenvalue weighted by Crippen LogP contribution is 2.21. The summed E-state index contributed by atoms with van der Waals surface area (Å²) in [7, 11) is 0. The first-order valence-electron chi connectivity index (χ1n) is 8.87. The summed E-state index contributed by atoms with van der Waals surface area (Å²) in [5.41, 5.74) is 1.69. The van der Waals surface area contributed by atoms with E-state index in [-0.39, 0.29) is 12.1 Å². The Bertz CT molecular complexity index is 599. The average molecular weight is 368 g/mol. The number of rotatable bonds is 4. The van der Waals surface area contributed by atoms with E-state index in [1.54, 1.807) is 11.0 Å². The Morgan fingerprint density at radius 3 is 2.80 bits per heavy atom. The van der Waals surface area contributed by atoms with Crippen LogP contribution in [0.3, 0.4) is 0 Å². The van der Waals surface area contributed by atoms with Gasteiger partial charge in [-0.3, -0.25) is 4.90 Å². The number of hydrogen-bond donors (Lipinski definition) is 2. The van der Waals surface area contributed by atoms with E-state index in [1.807, 2.05) is 19.1 Å². The van der Waals surface area contributed by atoms with Crippen LogP contribution in [0, 0.1) is 6.92 Å². The molecule has 1 aromatic carbocycles. The third-order valence-electron chi connectivity index (χ3n) is 4.92. The van der Waals surface area contributed by atoms with Gasteiger partial charge in [0.1, 0.15) is 0 Å². The van der Waals surface area contributed by atoms with Gasteiger partial charge in [0.2, 0.25) is 0 Å². The van der Waals surface area contributed by atoms with Crippen LogP contribution in [0.1, 0.15) is 18.4 Å². The number of aliphatic hydroxyl groups is 1. The number of aliphatic hydroxyl groups excluding tert-OH is 1. The second-order valence-corrected chi connectivity index (χ2v) is 7.21. The molecule has 1 aromatic rings. The number of halogens is 1. The van der Waals surface area contributed by atoms with Crippen LogP contribution < -0.4 is 5.32 Å². The second-order valence-electron chi connectivity index (χ2n) is 6.80. The number of amides is 2. The molecule has 2 aliphatic heterocycles. The van der Waals surface area contributed by atoms with E-state index < -0.39 is 6.10 Å². The average Bonchev–Trinajstić information content (AvgIpc) is 3.13. The van der Waals surface area contributed by atoms with Gasteiger partial charge in [-0.25, -0.2) is 4.79 Å². The summed E-state index contributed by atoms with van der Waals surface area (Å²) >= 11 is 6.10. The number of carbonyl (C=O) groups is 1. The number of β-amino-alcohol motifs (C(OH)–C–C–N with tert-alkyl or cyclic N) is 1. The van der Waals surface area contributed by atoms with E-state index in [9.17, 15) is 9.90 Å². The molecule has 0 radical (unpaired) electrons. The van der Waals surface area contributed by atoms with E-state index in [2.05, 4.69) is 10.2 Å². The maximum Gasteiger partial charge on any atom is 0.321 e. The lowest BCUT2D eigenvalue weighted by atomic mass is 10.1. The lowest BCUT2D eigenvalue weighted by molar-refractivity contribution is -0.0229. The number of aryl methyl sites for hydroxylation is 1. The van der Waals surface area contributed by atoms with Gasteiger partial charge in [-0.2, -0.15) is 0 Å². The maximum atomic E-state index is 12.4. The van der Waals surface area contributed by atoms with Gasteiger partial charge in [0.15, 0.2) is 0 Å². The quantitative estimate of drug-likeness (QED) is 0.857. The molecule has 0 saturated carbocycles. The number of urea groups is 1. The normalized spacial score (nSPS) is 22.8. The van der Waals surface area contributed by atoms with Crippen molar-refractivity contribution in [3.05, 3.63) is 28.8 Å². The van der Waals surface area contributed by atoms with Crippen molar-refractivity contribution in [1.29, 1.82) is 0 Å². The Hall–Kier alpha value is -1.34. The van der Waals surface area contributed by atoms with Crippen LogP contribution in [0.15, 0.2) is 18.2 Å². The van der Waals surface area contributed by atoms with Crippen molar-refractivity contribution in [2.24, 2.45) is 0 Å². The molecule has 2 amide bonds. The fourth-order valence-electron chi connectivity index (χ4n) is 3.29. The van der Waals surface area contributed by atoms with Gasteiger partial charge >= 0.3 is 6.03 Å². The lowest BCUT2D eigenvalue weighted by Crippen LogP contribution is -2.52. The Kier molecular flexibility index (Phi) is 6.17. The summed E-state index contributed by atoms with van der Waals surface area (Å²) in [5.74, 6) is 0. The standard InChI is InChI=1S/C18H26ClN3O3/c1-13-4-5-14(11-15(13)19)20-18(24)22-8-6-21(7-9-22)12-16(23)17-3-2-10-25-17/h4-5,11,16-17,23H,2-3,6-10,12H2,1H3,(H,20,24)/t16-,17-/m0/s1. The van der Waals surface area contributed by atoms with E-state index in [1.165, 1.54) is 0 Å². The fraction of sp³-hybridized carbons (Fsp3) is 0.611. The largest absolute Gasteiger partial charge is 0.389 e. The molecular formula is C18H26ClN3O3. The minimum absolute atomic E-state index is 0.0346. The van der Waals surface area contributed by atoms with Gasteiger partial charge in [0.25, 0.3) is 0 Å². The zero-order chi connectivity index (χ0) is 17.8. The first-order chi connectivity index (χ1) is 12.0. The second kappa shape index (κ2) is 8.36. The minimum Gasteiger partial charge on any atom is -0.389 e. The number of carbonyl (C=O) groups excluding carboxylic acids is 1. The van der Waals surface area contributed by atoms with Gasteiger partial charge in [0.05, 0.1) is 12.2 Å². The molecule has 0 aliphatic carbocycles. The van der Waals surface area contributed by atoms with Crippen LogP contribution in [-0.4, -0.2) is 72.5 Å². The summed E-state index contributed by atoms with van der Waals surface area (Å²) in [4.78, 5) is 16.4. The SMILES string of the molecule is Cc1ccc(NC(=O)N2CCN(C[C@H](O)[C@@H]3CCCO3)CC2)cc1Cl. The number of nitrogens with one attached hydrogen (secondary N) is 1. The van der Waals surface area contributed by atoms with Gasteiger partial charge in [-0.1, -0.05) is 17.7 Å². The molecule has 0 bridgehead atoms. The smallest absolute Gasteiger partial charge is 0.321 e.